The number of amides is 1. The van der Waals surface area contributed by atoms with E-state index in [1.807, 2.05) is 12.1 Å². The number of nitrogens with one attached hydrogen (secondary N) is 1. The standard InChI is InChI=1S/C17H16ClN3O4S/c1-11(26-14-6-4-13(18)5-7-14)17(22)20-19-10-12-3-8-16(25-2)15(9-12)21(23)24/h3-11H,1-2H3,(H,20,22)/b19-10+. The van der Waals surface area contributed by atoms with Gasteiger partial charge in [0.05, 0.1) is 23.5 Å². The fourth-order valence-corrected chi connectivity index (χ4v) is 2.95. The van der Waals surface area contributed by atoms with Crippen molar-refractivity contribution in [2.75, 3.05) is 7.11 Å². The molecule has 0 saturated carbocycles. The smallest absolute Gasteiger partial charge is 0.311 e. The summed E-state index contributed by atoms with van der Waals surface area (Å²) in [5.41, 5.74) is 2.72. The molecule has 0 radical (unpaired) electrons. The fourth-order valence-electron chi connectivity index (χ4n) is 1.96. The highest BCUT2D eigenvalue weighted by Gasteiger charge is 2.15. The van der Waals surface area contributed by atoms with Crippen LogP contribution >= 0.6 is 23.4 Å². The number of hydrogen-bond donors (Lipinski definition) is 1. The van der Waals surface area contributed by atoms with Crippen LogP contribution in [0, 0.1) is 10.1 Å². The molecule has 0 aliphatic rings. The number of thioether (sulfide) groups is 1. The van der Waals surface area contributed by atoms with E-state index in [0.717, 1.165) is 4.90 Å². The van der Waals surface area contributed by atoms with Gasteiger partial charge in [-0.1, -0.05) is 11.6 Å². The van der Waals surface area contributed by atoms with E-state index in [9.17, 15) is 14.9 Å². The minimum atomic E-state index is -0.542. The molecule has 9 heteroatoms. The van der Waals surface area contributed by atoms with E-state index >= 15 is 0 Å². The van der Waals surface area contributed by atoms with Crippen molar-refractivity contribution < 1.29 is 14.5 Å². The van der Waals surface area contributed by atoms with Crippen LogP contribution in [0.1, 0.15) is 12.5 Å². The van der Waals surface area contributed by atoms with E-state index in [2.05, 4.69) is 10.5 Å². The van der Waals surface area contributed by atoms with E-state index < -0.39 is 4.92 Å². The summed E-state index contributed by atoms with van der Waals surface area (Å²) in [7, 11) is 1.36. The third kappa shape index (κ3) is 5.47. The summed E-state index contributed by atoms with van der Waals surface area (Å²) in [6.07, 6.45) is 1.34. The lowest BCUT2D eigenvalue weighted by molar-refractivity contribution is -0.385. The van der Waals surface area contributed by atoms with E-state index in [0.29, 0.717) is 10.6 Å². The van der Waals surface area contributed by atoms with Crippen molar-refractivity contribution in [3.05, 3.63) is 63.2 Å². The van der Waals surface area contributed by atoms with Gasteiger partial charge in [-0.25, -0.2) is 5.43 Å². The van der Waals surface area contributed by atoms with Crippen LogP contribution in [0.2, 0.25) is 5.02 Å². The Kier molecular flexibility index (Phi) is 6.99. The highest BCUT2D eigenvalue weighted by Crippen LogP contribution is 2.27. The maximum atomic E-state index is 12.1. The molecule has 2 rings (SSSR count). The Bertz CT molecular complexity index is 827. The van der Waals surface area contributed by atoms with E-state index in [-0.39, 0.29) is 22.6 Å². The van der Waals surface area contributed by atoms with Gasteiger partial charge < -0.3 is 4.74 Å². The predicted octanol–water partition coefficient (Wildman–Crippen LogP) is 3.89. The Morgan fingerprint density at radius 3 is 2.65 bits per heavy atom. The molecular formula is C17H16ClN3O4S. The number of rotatable bonds is 7. The number of nitrogens with zero attached hydrogens (tertiary/aromatic N) is 2. The summed E-state index contributed by atoms with van der Waals surface area (Å²) in [5.74, 6) is -0.131. The molecule has 0 heterocycles. The number of methoxy groups -OCH3 is 1. The SMILES string of the molecule is COc1ccc(/C=N/NC(=O)C(C)Sc2ccc(Cl)cc2)cc1[N+](=O)[O-]. The highest BCUT2D eigenvalue weighted by atomic mass is 35.5. The molecule has 1 amide bonds. The van der Waals surface area contributed by atoms with E-state index in [1.54, 1.807) is 25.1 Å². The lowest BCUT2D eigenvalue weighted by Gasteiger charge is -2.09. The quantitative estimate of drug-likeness (QED) is 0.333. The van der Waals surface area contributed by atoms with Gasteiger partial charge in [0.15, 0.2) is 5.75 Å². The molecule has 136 valence electrons. The van der Waals surface area contributed by atoms with Crippen molar-refractivity contribution in [1.29, 1.82) is 0 Å². The van der Waals surface area contributed by atoms with Crippen LogP contribution in [0.4, 0.5) is 5.69 Å². The van der Waals surface area contributed by atoms with Gasteiger partial charge in [0.1, 0.15) is 0 Å². The van der Waals surface area contributed by atoms with Gasteiger partial charge in [-0.05, 0) is 43.3 Å². The third-order valence-electron chi connectivity index (χ3n) is 3.28. The molecule has 2 aromatic carbocycles. The number of nitro benzene ring substituents is 1. The first-order chi connectivity index (χ1) is 12.4. The average Bonchev–Trinajstić information content (AvgIpc) is 2.63. The molecule has 0 bridgehead atoms. The summed E-state index contributed by atoms with van der Waals surface area (Å²) in [4.78, 5) is 23.4. The summed E-state index contributed by atoms with van der Waals surface area (Å²) < 4.78 is 4.93. The molecule has 0 aliphatic heterocycles. The Morgan fingerprint density at radius 2 is 2.04 bits per heavy atom. The molecule has 1 N–H and O–H groups in total. The zero-order valence-corrected chi connectivity index (χ0v) is 15.6. The first kappa shape index (κ1) is 19.7. The Labute approximate surface area is 159 Å². The molecule has 0 saturated heterocycles. The average molecular weight is 394 g/mol. The second-order valence-electron chi connectivity index (χ2n) is 5.14. The van der Waals surface area contributed by atoms with Crippen molar-refractivity contribution in [3.63, 3.8) is 0 Å². The van der Waals surface area contributed by atoms with Gasteiger partial charge in [0.2, 0.25) is 0 Å². The van der Waals surface area contributed by atoms with Crippen molar-refractivity contribution in [2.45, 2.75) is 17.1 Å². The van der Waals surface area contributed by atoms with Crippen LogP contribution in [0.5, 0.6) is 5.75 Å². The van der Waals surface area contributed by atoms with Crippen molar-refractivity contribution >= 4 is 41.2 Å². The first-order valence-electron chi connectivity index (χ1n) is 7.48. The van der Waals surface area contributed by atoms with E-state index in [4.69, 9.17) is 16.3 Å². The van der Waals surface area contributed by atoms with Crippen molar-refractivity contribution in [3.8, 4) is 5.75 Å². The maximum Gasteiger partial charge on any atom is 0.311 e. The summed E-state index contributed by atoms with van der Waals surface area (Å²) in [5, 5.41) is 15.1. The molecular weight excluding hydrogens is 378 g/mol. The second kappa shape index (κ2) is 9.21. The van der Waals surface area contributed by atoms with Crippen LogP contribution in [0.3, 0.4) is 0 Å². The maximum absolute atomic E-state index is 12.1. The second-order valence-corrected chi connectivity index (χ2v) is 6.99. The molecule has 0 aromatic heterocycles. The number of nitro groups is 1. The molecule has 0 aliphatic carbocycles. The fraction of sp³-hybridized carbons (Fsp3) is 0.176. The first-order valence-corrected chi connectivity index (χ1v) is 8.74. The van der Waals surface area contributed by atoms with Crippen LogP contribution in [-0.2, 0) is 4.79 Å². The number of ether oxygens (including phenoxy) is 1. The Balaban J connectivity index is 1.96. The van der Waals surface area contributed by atoms with Crippen LogP contribution in [0.25, 0.3) is 0 Å². The number of halogens is 1. The Morgan fingerprint density at radius 1 is 1.35 bits per heavy atom. The number of carbonyl (C=O) groups excluding carboxylic acids is 1. The molecule has 1 atom stereocenters. The van der Waals surface area contributed by atoms with E-state index in [1.165, 1.54) is 37.2 Å². The molecule has 2 aromatic rings. The summed E-state index contributed by atoms with van der Waals surface area (Å²) in [6.45, 7) is 1.75. The van der Waals surface area contributed by atoms with Gasteiger partial charge in [-0.2, -0.15) is 5.10 Å². The lowest BCUT2D eigenvalue weighted by atomic mass is 10.2. The van der Waals surface area contributed by atoms with Gasteiger partial charge >= 0.3 is 5.69 Å². The number of hydrogen-bond acceptors (Lipinski definition) is 6. The van der Waals surface area contributed by atoms with Gasteiger partial charge in [0, 0.05) is 21.5 Å². The number of carbonyl (C=O) groups is 1. The van der Waals surface area contributed by atoms with Crippen molar-refractivity contribution in [2.24, 2.45) is 5.10 Å². The van der Waals surface area contributed by atoms with Gasteiger partial charge in [-0.15, -0.1) is 11.8 Å². The minimum Gasteiger partial charge on any atom is -0.490 e. The molecule has 7 nitrogen and oxygen atoms in total. The normalized spacial score (nSPS) is 12.0. The number of hydrazone groups is 1. The Hall–Kier alpha value is -2.58. The monoisotopic (exact) mass is 393 g/mol. The molecule has 26 heavy (non-hydrogen) atoms. The highest BCUT2D eigenvalue weighted by molar-refractivity contribution is 8.00. The molecule has 1 unspecified atom stereocenters. The van der Waals surface area contributed by atoms with Crippen LogP contribution < -0.4 is 10.2 Å². The molecule has 0 fully saturated rings. The molecule has 0 spiro atoms. The lowest BCUT2D eigenvalue weighted by Crippen LogP contribution is -2.26. The van der Waals surface area contributed by atoms with Gasteiger partial charge in [-0.3, -0.25) is 14.9 Å². The predicted molar refractivity (Wildman–Crippen MR) is 102 cm³/mol. The van der Waals surface area contributed by atoms with Crippen LogP contribution in [0.15, 0.2) is 52.5 Å². The largest absolute Gasteiger partial charge is 0.490 e. The topological polar surface area (TPSA) is 93.8 Å². The van der Waals surface area contributed by atoms with Crippen molar-refractivity contribution in [1.82, 2.24) is 5.43 Å². The zero-order valence-electron chi connectivity index (χ0n) is 14.0. The minimum absolute atomic E-state index is 0.157. The number of benzene rings is 2. The summed E-state index contributed by atoms with van der Waals surface area (Å²) >= 11 is 7.20. The zero-order chi connectivity index (χ0) is 19.1. The third-order valence-corrected chi connectivity index (χ3v) is 4.65. The van der Waals surface area contributed by atoms with Crippen LogP contribution in [-0.4, -0.2) is 29.4 Å². The van der Waals surface area contributed by atoms with Gasteiger partial charge in [0.25, 0.3) is 5.91 Å². The summed E-state index contributed by atoms with van der Waals surface area (Å²) in [6, 6.07) is 11.6.